The fourth-order valence-electron chi connectivity index (χ4n) is 2.13. The fourth-order valence-corrected chi connectivity index (χ4v) is 2.60. The minimum Gasteiger partial charge on any atom is -0.309 e. The highest BCUT2D eigenvalue weighted by Crippen LogP contribution is 2.30. The van der Waals surface area contributed by atoms with Gasteiger partial charge in [0.1, 0.15) is 11.6 Å². The summed E-state index contributed by atoms with van der Waals surface area (Å²) in [6, 6.07) is 9.21. The molecule has 19 heavy (non-hydrogen) atoms. The van der Waals surface area contributed by atoms with Crippen molar-refractivity contribution in [2.45, 2.75) is 13.0 Å². The summed E-state index contributed by atoms with van der Waals surface area (Å²) >= 11 is 3.48. The summed E-state index contributed by atoms with van der Waals surface area (Å²) in [5, 5.41) is 3.09. The Kier molecular flexibility index (Phi) is 4.32. The van der Waals surface area contributed by atoms with Gasteiger partial charge in [-0.05, 0) is 43.3 Å². The molecule has 1 nitrogen and oxygen atoms in total. The highest BCUT2D eigenvalue weighted by molar-refractivity contribution is 9.10. The van der Waals surface area contributed by atoms with Crippen LogP contribution < -0.4 is 5.32 Å². The van der Waals surface area contributed by atoms with Crippen molar-refractivity contribution in [2.75, 3.05) is 7.05 Å². The Balaban J connectivity index is 2.52. The minimum atomic E-state index is -0.570. The first kappa shape index (κ1) is 14.2. The topological polar surface area (TPSA) is 12.0 Å². The van der Waals surface area contributed by atoms with E-state index in [0.29, 0.717) is 5.56 Å². The van der Waals surface area contributed by atoms with Crippen LogP contribution in [0.3, 0.4) is 0 Å². The van der Waals surface area contributed by atoms with E-state index in [1.165, 1.54) is 12.1 Å². The second-order valence-electron chi connectivity index (χ2n) is 4.45. The zero-order chi connectivity index (χ0) is 14.0. The van der Waals surface area contributed by atoms with E-state index in [1.807, 2.05) is 25.1 Å². The molecule has 2 rings (SSSR count). The summed E-state index contributed by atoms with van der Waals surface area (Å²) in [7, 11) is 1.77. The summed E-state index contributed by atoms with van der Waals surface area (Å²) in [6.45, 7) is 1.98. The molecule has 0 aliphatic rings. The molecule has 0 fully saturated rings. The van der Waals surface area contributed by atoms with Crippen molar-refractivity contribution in [3.05, 3.63) is 69.2 Å². The molecule has 0 bridgehead atoms. The molecule has 4 heteroatoms. The van der Waals surface area contributed by atoms with E-state index in [0.717, 1.165) is 21.7 Å². The standard InChI is InChI=1S/C15H14BrF2N/c1-9-3-4-14(16)13(5-9)15(19-2)10-6-11(17)8-12(18)7-10/h3-8,15,19H,1-2H3. The number of aryl methyl sites for hydroxylation is 1. The molecule has 0 radical (unpaired) electrons. The van der Waals surface area contributed by atoms with Crippen LogP contribution in [0.25, 0.3) is 0 Å². The van der Waals surface area contributed by atoms with Crippen molar-refractivity contribution in [1.82, 2.24) is 5.32 Å². The minimum absolute atomic E-state index is 0.264. The molecule has 1 N–H and O–H groups in total. The highest BCUT2D eigenvalue weighted by Gasteiger charge is 2.16. The van der Waals surface area contributed by atoms with Crippen LogP contribution in [0.5, 0.6) is 0 Å². The largest absolute Gasteiger partial charge is 0.309 e. The Morgan fingerprint density at radius 1 is 1.05 bits per heavy atom. The number of benzene rings is 2. The van der Waals surface area contributed by atoms with Gasteiger partial charge in [-0.15, -0.1) is 0 Å². The van der Waals surface area contributed by atoms with Crippen LogP contribution in [0.15, 0.2) is 40.9 Å². The van der Waals surface area contributed by atoms with Gasteiger partial charge >= 0.3 is 0 Å². The van der Waals surface area contributed by atoms with Gasteiger partial charge in [0.05, 0.1) is 6.04 Å². The Hall–Kier alpha value is -1.26. The van der Waals surface area contributed by atoms with Crippen molar-refractivity contribution in [2.24, 2.45) is 0 Å². The van der Waals surface area contributed by atoms with Gasteiger partial charge < -0.3 is 5.32 Å². The molecule has 0 saturated heterocycles. The fraction of sp³-hybridized carbons (Fsp3) is 0.200. The molecule has 2 aromatic rings. The van der Waals surface area contributed by atoms with E-state index in [2.05, 4.69) is 21.2 Å². The van der Waals surface area contributed by atoms with E-state index in [-0.39, 0.29) is 6.04 Å². The highest BCUT2D eigenvalue weighted by atomic mass is 79.9. The van der Waals surface area contributed by atoms with Crippen molar-refractivity contribution in [1.29, 1.82) is 0 Å². The lowest BCUT2D eigenvalue weighted by Gasteiger charge is -2.19. The normalized spacial score (nSPS) is 12.5. The van der Waals surface area contributed by atoms with Gasteiger partial charge in [-0.2, -0.15) is 0 Å². The Morgan fingerprint density at radius 2 is 1.68 bits per heavy atom. The van der Waals surface area contributed by atoms with Gasteiger partial charge in [0.25, 0.3) is 0 Å². The average molecular weight is 326 g/mol. The van der Waals surface area contributed by atoms with Crippen molar-refractivity contribution in [3.63, 3.8) is 0 Å². The molecule has 100 valence electrons. The summed E-state index contributed by atoms with van der Waals surface area (Å²) in [5.74, 6) is -1.14. The van der Waals surface area contributed by atoms with Crippen LogP contribution in [0.4, 0.5) is 8.78 Å². The smallest absolute Gasteiger partial charge is 0.126 e. The van der Waals surface area contributed by atoms with Crippen LogP contribution in [0.2, 0.25) is 0 Å². The van der Waals surface area contributed by atoms with E-state index >= 15 is 0 Å². The molecule has 0 heterocycles. The first-order valence-electron chi connectivity index (χ1n) is 5.90. The Bertz CT molecular complexity index is 578. The molecule has 0 saturated carbocycles. The maximum Gasteiger partial charge on any atom is 0.126 e. The summed E-state index contributed by atoms with van der Waals surface area (Å²) in [6.07, 6.45) is 0. The average Bonchev–Trinajstić information content (AvgIpc) is 2.33. The summed E-state index contributed by atoms with van der Waals surface area (Å²) in [4.78, 5) is 0. The van der Waals surface area contributed by atoms with E-state index in [9.17, 15) is 8.78 Å². The van der Waals surface area contributed by atoms with Crippen molar-refractivity contribution >= 4 is 15.9 Å². The molecule has 1 unspecified atom stereocenters. The summed E-state index contributed by atoms with van der Waals surface area (Å²) in [5.41, 5.74) is 2.61. The first-order chi connectivity index (χ1) is 9.01. The lowest BCUT2D eigenvalue weighted by atomic mass is 9.97. The molecular formula is C15H14BrF2N. The van der Waals surface area contributed by atoms with Crippen LogP contribution in [-0.4, -0.2) is 7.05 Å². The number of hydrogen-bond donors (Lipinski definition) is 1. The maximum absolute atomic E-state index is 13.3. The first-order valence-corrected chi connectivity index (χ1v) is 6.70. The number of nitrogens with one attached hydrogen (secondary N) is 1. The van der Waals surface area contributed by atoms with Crippen LogP contribution in [0, 0.1) is 18.6 Å². The van der Waals surface area contributed by atoms with Gasteiger partial charge in [0.15, 0.2) is 0 Å². The molecular weight excluding hydrogens is 312 g/mol. The van der Waals surface area contributed by atoms with Gasteiger partial charge in [-0.25, -0.2) is 8.78 Å². The second-order valence-corrected chi connectivity index (χ2v) is 5.30. The predicted octanol–water partition coefficient (Wildman–Crippen LogP) is 4.34. The zero-order valence-electron chi connectivity index (χ0n) is 10.7. The molecule has 0 amide bonds. The third kappa shape index (κ3) is 3.19. The predicted molar refractivity (Wildman–Crippen MR) is 76.1 cm³/mol. The second kappa shape index (κ2) is 5.80. The summed E-state index contributed by atoms with van der Waals surface area (Å²) < 4.78 is 27.6. The van der Waals surface area contributed by atoms with Crippen molar-refractivity contribution < 1.29 is 8.78 Å². The van der Waals surface area contributed by atoms with E-state index in [1.54, 1.807) is 7.05 Å². The molecule has 0 aliphatic carbocycles. The number of rotatable bonds is 3. The van der Waals surface area contributed by atoms with E-state index < -0.39 is 11.6 Å². The molecule has 0 aromatic heterocycles. The quantitative estimate of drug-likeness (QED) is 0.884. The van der Waals surface area contributed by atoms with Crippen LogP contribution >= 0.6 is 15.9 Å². The number of hydrogen-bond acceptors (Lipinski definition) is 1. The lowest BCUT2D eigenvalue weighted by molar-refractivity contribution is 0.571. The maximum atomic E-state index is 13.3. The molecule has 2 aromatic carbocycles. The lowest BCUT2D eigenvalue weighted by Crippen LogP contribution is -2.18. The van der Waals surface area contributed by atoms with Gasteiger partial charge in [0.2, 0.25) is 0 Å². The number of halogens is 3. The third-order valence-electron chi connectivity index (χ3n) is 2.97. The third-order valence-corrected chi connectivity index (χ3v) is 3.69. The van der Waals surface area contributed by atoms with Gasteiger partial charge in [0, 0.05) is 10.5 Å². The Morgan fingerprint density at radius 3 is 2.26 bits per heavy atom. The van der Waals surface area contributed by atoms with Crippen LogP contribution in [0.1, 0.15) is 22.7 Å². The van der Waals surface area contributed by atoms with Gasteiger partial charge in [-0.3, -0.25) is 0 Å². The van der Waals surface area contributed by atoms with E-state index in [4.69, 9.17) is 0 Å². The van der Waals surface area contributed by atoms with Crippen LogP contribution in [-0.2, 0) is 0 Å². The van der Waals surface area contributed by atoms with Gasteiger partial charge in [-0.1, -0.05) is 33.6 Å². The molecule has 0 aliphatic heterocycles. The molecule has 1 atom stereocenters. The van der Waals surface area contributed by atoms with Crippen molar-refractivity contribution in [3.8, 4) is 0 Å². The SMILES string of the molecule is CNC(c1cc(F)cc(F)c1)c1cc(C)ccc1Br. The Labute approximate surface area is 119 Å². The monoisotopic (exact) mass is 325 g/mol. The molecule has 0 spiro atoms. The zero-order valence-corrected chi connectivity index (χ0v) is 12.3.